The van der Waals surface area contributed by atoms with Crippen LogP contribution in [0.2, 0.25) is 0 Å². The molecule has 0 bridgehead atoms. The Kier molecular flexibility index (Phi) is 3.87. The molecule has 6 nitrogen and oxygen atoms in total. The Morgan fingerprint density at radius 1 is 1.17 bits per heavy atom. The lowest BCUT2D eigenvalue weighted by atomic mass is 9.73. The minimum atomic E-state index is -0.441. The zero-order valence-corrected chi connectivity index (χ0v) is 16.2. The van der Waals surface area contributed by atoms with E-state index in [1.807, 2.05) is 12.1 Å². The number of nitrogens with zero attached hydrogens (tertiary/aromatic N) is 4. The van der Waals surface area contributed by atoms with Crippen LogP contribution in [0.25, 0.3) is 11.4 Å². The van der Waals surface area contributed by atoms with Crippen LogP contribution in [-0.2, 0) is 4.79 Å². The molecule has 7 heteroatoms. The van der Waals surface area contributed by atoms with E-state index in [9.17, 15) is 9.18 Å². The highest BCUT2D eigenvalue weighted by molar-refractivity contribution is 6.00. The maximum absolute atomic E-state index is 13.6. The fraction of sp³-hybridized carbons (Fsp3) is 0.273. The standard InChI is InChI=1S/C22H20FN5O/c1-22(2)10-16-18(17(29)11-22)19(13-5-7-15(23)8-6-13)28-21(25-16)26-20(27-28)14-4-3-9-24-12-14/h3-9,12,19H,10-11H2,1-2H3,(H,25,26,27). The topological polar surface area (TPSA) is 72.7 Å². The summed E-state index contributed by atoms with van der Waals surface area (Å²) in [5.74, 6) is 0.867. The molecule has 1 aliphatic carbocycles. The summed E-state index contributed by atoms with van der Waals surface area (Å²) in [6, 6.07) is 9.51. The van der Waals surface area contributed by atoms with Crippen LogP contribution in [0.3, 0.4) is 0 Å². The van der Waals surface area contributed by atoms with Crippen LogP contribution in [0.5, 0.6) is 0 Å². The Balaban J connectivity index is 1.69. The number of allylic oxidation sites excluding steroid dienone is 2. The van der Waals surface area contributed by atoms with Gasteiger partial charge in [0.1, 0.15) is 11.9 Å². The van der Waals surface area contributed by atoms with Crippen molar-refractivity contribution in [2.75, 3.05) is 5.32 Å². The van der Waals surface area contributed by atoms with Crippen LogP contribution in [-0.4, -0.2) is 25.5 Å². The first-order chi connectivity index (χ1) is 13.9. The number of hydrogen-bond acceptors (Lipinski definition) is 5. The molecule has 1 unspecified atom stereocenters. The number of nitrogens with one attached hydrogen (secondary N) is 1. The average molecular weight is 389 g/mol. The summed E-state index contributed by atoms with van der Waals surface area (Å²) in [6.07, 6.45) is 4.60. The third kappa shape index (κ3) is 3.03. The van der Waals surface area contributed by atoms with Gasteiger partial charge < -0.3 is 5.32 Å². The van der Waals surface area contributed by atoms with Crippen molar-refractivity contribution in [3.63, 3.8) is 0 Å². The predicted molar refractivity (Wildman–Crippen MR) is 106 cm³/mol. The smallest absolute Gasteiger partial charge is 0.226 e. The molecule has 1 N–H and O–H groups in total. The van der Waals surface area contributed by atoms with Gasteiger partial charge in [-0.05, 0) is 41.7 Å². The van der Waals surface area contributed by atoms with Crippen molar-refractivity contribution in [1.82, 2.24) is 19.7 Å². The second kappa shape index (κ2) is 6.34. The SMILES string of the molecule is CC1(C)CC(=O)C2=C(C1)Nc1nc(-c3cccnc3)nn1C2c1ccc(F)cc1. The molecule has 0 radical (unpaired) electrons. The van der Waals surface area contributed by atoms with E-state index in [1.165, 1.54) is 12.1 Å². The molecule has 3 heterocycles. The van der Waals surface area contributed by atoms with E-state index in [4.69, 9.17) is 0 Å². The van der Waals surface area contributed by atoms with Crippen LogP contribution < -0.4 is 5.32 Å². The molecule has 0 saturated carbocycles. The second-order valence-corrected chi connectivity index (χ2v) is 8.36. The van der Waals surface area contributed by atoms with E-state index in [0.717, 1.165) is 23.2 Å². The minimum absolute atomic E-state index is 0.0853. The number of fused-ring (bicyclic) bond motifs is 1. The zero-order valence-electron chi connectivity index (χ0n) is 16.2. The first kappa shape index (κ1) is 17.7. The van der Waals surface area contributed by atoms with E-state index in [0.29, 0.717) is 23.8 Å². The summed E-state index contributed by atoms with van der Waals surface area (Å²) in [5.41, 5.74) is 3.02. The molecule has 1 aliphatic heterocycles. The van der Waals surface area contributed by atoms with Crippen LogP contribution in [0.4, 0.5) is 10.3 Å². The Labute approximate surface area is 167 Å². The molecule has 3 aromatic rings. The van der Waals surface area contributed by atoms with Crippen LogP contribution in [0.1, 0.15) is 38.3 Å². The van der Waals surface area contributed by atoms with E-state index >= 15 is 0 Å². The minimum Gasteiger partial charge on any atom is -0.328 e. The molecule has 146 valence electrons. The molecule has 0 amide bonds. The van der Waals surface area contributed by atoms with Crippen molar-refractivity contribution in [2.24, 2.45) is 5.41 Å². The third-order valence-electron chi connectivity index (χ3n) is 5.44. The highest BCUT2D eigenvalue weighted by Crippen LogP contribution is 2.45. The first-order valence-corrected chi connectivity index (χ1v) is 9.57. The molecule has 2 aromatic heterocycles. The van der Waals surface area contributed by atoms with E-state index in [2.05, 4.69) is 34.2 Å². The molecule has 1 atom stereocenters. The molecular weight excluding hydrogens is 369 g/mol. The molecule has 2 aliphatic rings. The van der Waals surface area contributed by atoms with Crippen molar-refractivity contribution in [3.05, 3.63) is 71.4 Å². The summed E-state index contributed by atoms with van der Waals surface area (Å²) >= 11 is 0. The van der Waals surface area contributed by atoms with Crippen LogP contribution >= 0.6 is 0 Å². The van der Waals surface area contributed by atoms with Gasteiger partial charge in [-0.15, -0.1) is 5.10 Å². The molecule has 1 aromatic carbocycles. The third-order valence-corrected chi connectivity index (χ3v) is 5.44. The Hall–Kier alpha value is -3.35. The molecular formula is C22H20FN5O. The number of rotatable bonds is 2. The lowest BCUT2D eigenvalue weighted by Crippen LogP contribution is -2.36. The van der Waals surface area contributed by atoms with Crippen molar-refractivity contribution in [2.45, 2.75) is 32.7 Å². The van der Waals surface area contributed by atoms with Crippen molar-refractivity contribution < 1.29 is 9.18 Å². The normalized spacial score (nSPS) is 20.1. The predicted octanol–water partition coefficient (Wildman–Crippen LogP) is 4.14. The summed E-state index contributed by atoms with van der Waals surface area (Å²) in [4.78, 5) is 21.9. The number of pyridine rings is 1. The fourth-order valence-corrected chi connectivity index (χ4v) is 4.18. The Morgan fingerprint density at radius 2 is 1.97 bits per heavy atom. The van der Waals surface area contributed by atoms with Gasteiger partial charge in [0.2, 0.25) is 5.95 Å². The van der Waals surface area contributed by atoms with Gasteiger partial charge in [0, 0.05) is 35.6 Å². The molecule has 0 fully saturated rings. The van der Waals surface area contributed by atoms with Crippen LogP contribution in [0, 0.1) is 11.2 Å². The summed E-state index contributed by atoms with van der Waals surface area (Å²) in [6.45, 7) is 4.17. The molecule has 0 saturated heterocycles. The monoisotopic (exact) mass is 389 g/mol. The van der Waals surface area contributed by atoms with Gasteiger partial charge in [-0.2, -0.15) is 4.98 Å². The van der Waals surface area contributed by atoms with Gasteiger partial charge in [0.25, 0.3) is 0 Å². The lowest BCUT2D eigenvalue weighted by molar-refractivity contribution is -0.118. The van der Waals surface area contributed by atoms with Gasteiger partial charge in [-0.25, -0.2) is 9.07 Å². The van der Waals surface area contributed by atoms with Gasteiger partial charge in [0.15, 0.2) is 11.6 Å². The Bertz CT molecular complexity index is 1130. The second-order valence-electron chi connectivity index (χ2n) is 8.36. The number of aromatic nitrogens is 4. The fourth-order valence-electron chi connectivity index (χ4n) is 4.18. The lowest BCUT2D eigenvalue weighted by Gasteiger charge is -2.38. The number of ketones is 1. The van der Waals surface area contributed by atoms with Gasteiger partial charge in [-0.1, -0.05) is 26.0 Å². The van der Waals surface area contributed by atoms with E-state index in [1.54, 1.807) is 29.2 Å². The van der Waals surface area contributed by atoms with E-state index in [-0.39, 0.29) is 17.0 Å². The number of Topliss-reactive ketones (excluding diaryl/α,β-unsaturated/α-hetero) is 1. The highest BCUT2D eigenvalue weighted by Gasteiger charge is 2.41. The number of benzene rings is 1. The maximum Gasteiger partial charge on any atom is 0.226 e. The number of halogens is 1. The summed E-state index contributed by atoms with van der Waals surface area (Å²) in [5, 5.41) is 8.03. The van der Waals surface area contributed by atoms with Gasteiger partial charge in [-0.3, -0.25) is 9.78 Å². The summed E-state index contributed by atoms with van der Waals surface area (Å²) < 4.78 is 15.3. The van der Waals surface area contributed by atoms with Crippen molar-refractivity contribution >= 4 is 11.7 Å². The Morgan fingerprint density at radius 3 is 2.69 bits per heavy atom. The first-order valence-electron chi connectivity index (χ1n) is 9.57. The number of anilines is 1. The molecule has 29 heavy (non-hydrogen) atoms. The average Bonchev–Trinajstić information content (AvgIpc) is 3.10. The maximum atomic E-state index is 13.6. The highest BCUT2D eigenvalue weighted by atomic mass is 19.1. The molecule has 0 spiro atoms. The largest absolute Gasteiger partial charge is 0.328 e. The van der Waals surface area contributed by atoms with Crippen molar-refractivity contribution in [1.29, 1.82) is 0 Å². The number of carbonyl (C=O) groups excluding carboxylic acids is 1. The van der Waals surface area contributed by atoms with Crippen molar-refractivity contribution in [3.8, 4) is 11.4 Å². The van der Waals surface area contributed by atoms with Crippen LogP contribution in [0.15, 0.2) is 60.1 Å². The number of hydrogen-bond donors (Lipinski definition) is 1. The van der Waals surface area contributed by atoms with Gasteiger partial charge >= 0.3 is 0 Å². The summed E-state index contributed by atoms with van der Waals surface area (Å²) in [7, 11) is 0. The quantitative estimate of drug-likeness (QED) is 0.713. The molecule has 5 rings (SSSR count). The number of carbonyl (C=O) groups is 1. The zero-order chi connectivity index (χ0) is 20.2. The van der Waals surface area contributed by atoms with E-state index < -0.39 is 6.04 Å². The van der Waals surface area contributed by atoms with Gasteiger partial charge in [0.05, 0.1) is 0 Å².